The van der Waals surface area contributed by atoms with Crippen LogP contribution in [0.15, 0.2) is 11.2 Å². The summed E-state index contributed by atoms with van der Waals surface area (Å²) in [6.07, 6.45) is 2.00. The lowest BCUT2D eigenvalue weighted by atomic mass is 10.4. The molecule has 0 aliphatic heterocycles. The SMILES string of the molecule is CN(C)S(=O)(=O)c1c(N)nsc1NCCc1ncn[nH]1. The molecule has 11 heteroatoms. The van der Waals surface area contributed by atoms with Crippen LogP contribution < -0.4 is 11.1 Å². The molecule has 0 amide bonds. The van der Waals surface area contributed by atoms with Crippen molar-refractivity contribution in [2.24, 2.45) is 0 Å². The monoisotopic (exact) mass is 317 g/mol. The largest absolute Gasteiger partial charge is 0.382 e. The summed E-state index contributed by atoms with van der Waals surface area (Å²) in [5.41, 5.74) is 5.66. The molecule has 2 aromatic rings. The van der Waals surface area contributed by atoms with Gasteiger partial charge in [0.15, 0.2) is 10.7 Å². The van der Waals surface area contributed by atoms with Crippen LogP contribution in [0.1, 0.15) is 5.82 Å². The Morgan fingerprint density at radius 3 is 2.85 bits per heavy atom. The molecule has 0 aliphatic rings. The number of sulfonamides is 1. The normalized spacial score (nSPS) is 11.9. The molecule has 0 aliphatic carbocycles. The van der Waals surface area contributed by atoms with Gasteiger partial charge in [-0.05, 0) is 11.5 Å². The highest BCUT2D eigenvalue weighted by Crippen LogP contribution is 2.32. The van der Waals surface area contributed by atoms with E-state index in [1.54, 1.807) is 0 Å². The number of nitrogens with zero attached hydrogens (tertiary/aromatic N) is 4. The molecule has 0 radical (unpaired) electrons. The van der Waals surface area contributed by atoms with Gasteiger partial charge in [-0.3, -0.25) is 5.10 Å². The van der Waals surface area contributed by atoms with Gasteiger partial charge in [0.05, 0.1) is 0 Å². The maximum atomic E-state index is 12.2. The quantitative estimate of drug-likeness (QED) is 0.669. The number of nitrogens with one attached hydrogen (secondary N) is 2. The Labute approximate surface area is 120 Å². The summed E-state index contributed by atoms with van der Waals surface area (Å²) in [6.45, 7) is 0.493. The van der Waals surface area contributed by atoms with Gasteiger partial charge >= 0.3 is 0 Å². The van der Waals surface area contributed by atoms with Crippen LogP contribution in [0.3, 0.4) is 0 Å². The standard InChI is InChI=1S/C9H15N7O2S2/c1-16(2)20(17,18)7-8(10)15-19-9(7)11-4-3-6-12-5-13-14-6/h5,11H,3-4H2,1-2H3,(H2,10,15)(H,12,13,14). The summed E-state index contributed by atoms with van der Waals surface area (Å²) in [5.74, 6) is 0.720. The number of H-pyrrole nitrogens is 1. The van der Waals surface area contributed by atoms with E-state index in [2.05, 4.69) is 24.9 Å². The van der Waals surface area contributed by atoms with E-state index in [1.165, 1.54) is 20.4 Å². The number of aromatic amines is 1. The number of nitrogen functional groups attached to an aromatic ring is 1. The molecule has 110 valence electrons. The van der Waals surface area contributed by atoms with Gasteiger partial charge in [0.25, 0.3) is 0 Å². The van der Waals surface area contributed by atoms with Crippen molar-refractivity contribution < 1.29 is 8.42 Å². The molecule has 0 aromatic carbocycles. The number of anilines is 2. The van der Waals surface area contributed by atoms with Crippen molar-refractivity contribution in [2.45, 2.75) is 11.3 Å². The summed E-state index contributed by atoms with van der Waals surface area (Å²) in [4.78, 5) is 4.00. The van der Waals surface area contributed by atoms with Crippen LogP contribution in [0.25, 0.3) is 0 Å². The molecular formula is C9H15N7O2S2. The van der Waals surface area contributed by atoms with Crippen molar-refractivity contribution >= 4 is 32.4 Å². The van der Waals surface area contributed by atoms with Crippen LogP contribution in [-0.4, -0.2) is 52.9 Å². The lowest BCUT2D eigenvalue weighted by Crippen LogP contribution is -2.23. The van der Waals surface area contributed by atoms with Gasteiger partial charge in [0.1, 0.15) is 17.2 Å². The fourth-order valence-corrected chi connectivity index (χ4v) is 3.59. The van der Waals surface area contributed by atoms with Crippen molar-refractivity contribution in [1.29, 1.82) is 0 Å². The smallest absolute Gasteiger partial charge is 0.249 e. The van der Waals surface area contributed by atoms with Crippen LogP contribution in [0.2, 0.25) is 0 Å². The second-order valence-electron chi connectivity index (χ2n) is 4.12. The summed E-state index contributed by atoms with van der Waals surface area (Å²) in [7, 11) is -0.723. The lowest BCUT2D eigenvalue weighted by Gasteiger charge is -2.12. The van der Waals surface area contributed by atoms with Gasteiger partial charge in [-0.25, -0.2) is 17.7 Å². The third-order valence-corrected chi connectivity index (χ3v) is 5.36. The topological polar surface area (TPSA) is 130 Å². The van der Waals surface area contributed by atoms with Crippen LogP contribution in [0.4, 0.5) is 10.8 Å². The molecule has 0 fully saturated rings. The second-order valence-corrected chi connectivity index (χ2v) is 6.98. The van der Waals surface area contributed by atoms with Crippen molar-refractivity contribution in [1.82, 2.24) is 23.9 Å². The van der Waals surface area contributed by atoms with Gasteiger partial charge < -0.3 is 11.1 Å². The zero-order valence-corrected chi connectivity index (χ0v) is 12.6. The van der Waals surface area contributed by atoms with E-state index in [-0.39, 0.29) is 10.7 Å². The first-order valence-electron chi connectivity index (χ1n) is 5.68. The molecule has 2 aromatic heterocycles. The Bertz CT molecular complexity index is 663. The predicted octanol–water partition coefficient (Wildman–Crippen LogP) is -0.252. The molecule has 0 bridgehead atoms. The molecule has 0 saturated carbocycles. The molecule has 0 saturated heterocycles. The molecule has 0 atom stereocenters. The Morgan fingerprint density at radius 2 is 2.25 bits per heavy atom. The van der Waals surface area contributed by atoms with Crippen LogP contribution in [-0.2, 0) is 16.4 Å². The van der Waals surface area contributed by atoms with Gasteiger partial charge in [-0.2, -0.15) is 9.47 Å². The Hall–Kier alpha value is -1.72. The first kappa shape index (κ1) is 14.7. The first-order valence-corrected chi connectivity index (χ1v) is 7.90. The summed E-state index contributed by atoms with van der Waals surface area (Å²) >= 11 is 1.02. The Kier molecular flexibility index (Phi) is 4.20. The number of hydrogen-bond donors (Lipinski definition) is 3. The number of aromatic nitrogens is 4. The predicted molar refractivity (Wildman–Crippen MR) is 76.0 cm³/mol. The third-order valence-electron chi connectivity index (χ3n) is 2.53. The zero-order chi connectivity index (χ0) is 14.8. The van der Waals surface area contributed by atoms with E-state index in [9.17, 15) is 8.42 Å². The fourth-order valence-electron chi connectivity index (χ4n) is 1.48. The molecule has 2 heterocycles. The van der Waals surface area contributed by atoms with E-state index in [0.29, 0.717) is 23.8 Å². The summed E-state index contributed by atoms with van der Waals surface area (Å²) in [5, 5.41) is 9.91. The van der Waals surface area contributed by atoms with E-state index >= 15 is 0 Å². The summed E-state index contributed by atoms with van der Waals surface area (Å²) in [6, 6.07) is 0. The van der Waals surface area contributed by atoms with Gasteiger partial charge in [0, 0.05) is 27.1 Å². The second kappa shape index (κ2) is 5.73. The molecule has 4 N–H and O–H groups in total. The van der Waals surface area contributed by atoms with E-state index in [4.69, 9.17) is 5.73 Å². The van der Waals surface area contributed by atoms with Crippen molar-refractivity contribution in [3.8, 4) is 0 Å². The lowest BCUT2D eigenvalue weighted by molar-refractivity contribution is 0.521. The highest BCUT2D eigenvalue weighted by molar-refractivity contribution is 7.89. The molecular weight excluding hydrogens is 302 g/mol. The minimum atomic E-state index is -3.62. The minimum Gasteiger partial charge on any atom is -0.382 e. The van der Waals surface area contributed by atoms with Crippen molar-refractivity contribution in [2.75, 3.05) is 31.7 Å². The van der Waals surface area contributed by atoms with E-state index in [0.717, 1.165) is 15.8 Å². The highest BCUT2D eigenvalue weighted by atomic mass is 32.2. The van der Waals surface area contributed by atoms with E-state index in [1.807, 2.05) is 0 Å². The number of rotatable bonds is 6. The molecule has 2 rings (SSSR count). The molecule has 9 nitrogen and oxygen atoms in total. The van der Waals surface area contributed by atoms with Crippen LogP contribution >= 0.6 is 11.5 Å². The van der Waals surface area contributed by atoms with Crippen molar-refractivity contribution in [3.63, 3.8) is 0 Å². The zero-order valence-electron chi connectivity index (χ0n) is 11.0. The first-order chi connectivity index (χ1) is 9.43. The van der Waals surface area contributed by atoms with Gasteiger partial charge in [-0.1, -0.05) is 0 Å². The maximum Gasteiger partial charge on any atom is 0.249 e. The average Bonchev–Trinajstić information content (AvgIpc) is 2.99. The number of hydrogen-bond acceptors (Lipinski definition) is 8. The maximum absolute atomic E-state index is 12.2. The van der Waals surface area contributed by atoms with Gasteiger partial charge in [0.2, 0.25) is 10.0 Å². The Morgan fingerprint density at radius 1 is 1.50 bits per heavy atom. The van der Waals surface area contributed by atoms with Crippen LogP contribution in [0, 0.1) is 0 Å². The summed E-state index contributed by atoms with van der Waals surface area (Å²) < 4.78 is 29.3. The van der Waals surface area contributed by atoms with Crippen molar-refractivity contribution in [3.05, 3.63) is 12.2 Å². The van der Waals surface area contributed by atoms with Gasteiger partial charge in [-0.15, -0.1) is 0 Å². The Balaban J connectivity index is 2.13. The minimum absolute atomic E-state index is 0.00543. The number of nitrogens with two attached hydrogens (primary N) is 1. The molecule has 20 heavy (non-hydrogen) atoms. The third kappa shape index (κ3) is 2.89. The molecule has 0 spiro atoms. The molecule has 0 unspecified atom stereocenters. The fraction of sp³-hybridized carbons (Fsp3) is 0.444. The highest BCUT2D eigenvalue weighted by Gasteiger charge is 2.27. The van der Waals surface area contributed by atoms with Crippen LogP contribution in [0.5, 0.6) is 0 Å². The average molecular weight is 317 g/mol. The van der Waals surface area contributed by atoms with E-state index < -0.39 is 10.0 Å².